The third-order valence-electron chi connectivity index (χ3n) is 6.84. The van der Waals surface area contributed by atoms with Crippen LogP contribution in [0.4, 0.5) is 0 Å². The lowest BCUT2D eigenvalue weighted by atomic mass is 9.84. The van der Waals surface area contributed by atoms with Gasteiger partial charge in [-0.25, -0.2) is 4.99 Å². The maximum absolute atomic E-state index is 13.3. The Hall–Kier alpha value is -3.19. The van der Waals surface area contributed by atoms with E-state index in [1.807, 2.05) is 77.1 Å². The maximum atomic E-state index is 13.3. The molecule has 35 heavy (non-hydrogen) atoms. The predicted octanol–water partition coefficient (Wildman–Crippen LogP) is 4.27. The average Bonchev–Trinajstić information content (AvgIpc) is 2.79. The summed E-state index contributed by atoms with van der Waals surface area (Å²) in [6.45, 7) is 10.8. The van der Waals surface area contributed by atoms with Crippen LogP contribution >= 0.6 is 0 Å². The van der Waals surface area contributed by atoms with Crippen LogP contribution in [0.1, 0.15) is 72.3 Å². The number of rotatable bonds is 9. The van der Waals surface area contributed by atoms with Crippen molar-refractivity contribution in [3.63, 3.8) is 0 Å². The quantitative estimate of drug-likeness (QED) is 0.562. The molecular formula is C28H38N4O3. The third-order valence-corrected chi connectivity index (χ3v) is 6.84. The van der Waals surface area contributed by atoms with Crippen molar-refractivity contribution in [1.82, 2.24) is 10.2 Å². The summed E-state index contributed by atoms with van der Waals surface area (Å²) in [4.78, 5) is 32.3. The van der Waals surface area contributed by atoms with Crippen LogP contribution in [0.3, 0.4) is 0 Å². The lowest BCUT2D eigenvalue weighted by molar-refractivity contribution is -0.130. The second-order valence-corrected chi connectivity index (χ2v) is 10.1. The average molecular weight is 479 g/mol. The fourth-order valence-corrected chi connectivity index (χ4v) is 4.26. The van der Waals surface area contributed by atoms with Crippen LogP contribution in [0, 0.1) is 19.8 Å². The van der Waals surface area contributed by atoms with Crippen molar-refractivity contribution in [3.05, 3.63) is 70.3 Å². The van der Waals surface area contributed by atoms with E-state index in [0.29, 0.717) is 25.0 Å². The highest BCUT2D eigenvalue weighted by Gasteiger charge is 2.38. The van der Waals surface area contributed by atoms with Gasteiger partial charge < -0.3 is 15.8 Å². The van der Waals surface area contributed by atoms with Crippen LogP contribution in [0.15, 0.2) is 47.5 Å². The summed E-state index contributed by atoms with van der Waals surface area (Å²) in [5.74, 6) is 0.195. The molecule has 0 bridgehead atoms. The molecule has 0 unspecified atom stereocenters. The number of carbonyl (C=O) groups excluding carboxylic acids is 2. The van der Waals surface area contributed by atoms with Gasteiger partial charge in [-0.2, -0.15) is 0 Å². The summed E-state index contributed by atoms with van der Waals surface area (Å²) >= 11 is 0. The molecule has 3 N–H and O–H groups in total. The van der Waals surface area contributed by atoms with Crippen molar-refractivity contribution in [2.24, 2.45) is 16.6 Å². The summed E-state index contributed by atoms with van der Waals surface area (Å²) in [6, 6.07) is 13.6. The number of nitrogens with two attached hydrogens (primary N) is 1. The zero-order chi connectivity index (χ0) is 25.8. The Morgan fingerprint density at radius 2 is 1.86 bits per heavy atom. The molecule has 188 valence electrons. The molecule has 1 aliphatic heterocycles. The van der Waals surface area contributed by atoms with Crippen molar-refractivity contribution in [2.75, 3.05) is 13.7 Å². The van der Waals surface area contributed by atoms with Crippen molar-refractivity contribution in [3.8, 4) is 0 Å². The van der Waals surface area contributed by atoms with Crippen LogP contribution in [-0.2, 0) is 16.1 Å². The molecule has 0 saturated heterocycles. The van der Waals surface area contributed by atoms with E-state index in [1.165, 1.54) is 4.90 Å². The standard InChI is InChI=1S/C28H38N4O3/c1-18(2)28(5)16-25(33)32(27(29)31-28)17-21-13-20(4)14-23(15-21)26(34)30-24(11-12-35-6)22-9-7-19(3)8-10-22/h7-10,13-15,18,24H,11-12,16-17H2,1-6H3,(H2,29,31)(H,30,34)/t24-,28-/m0/s1. The van der Waals surface area contributed by atoms with Gasteiger partial charge in [0.05, 0.1) is 24.5 Å². The second kappa shape index (κ2) is 11.0. The third kappa shape index (κ3) is 6.48. The number of ether oxygens (including phenoxy) is 1. The molecule has 0 spiro atoms. The van der Waals surface area contributed by atoms with Gasteiger partial charge in [-0.15, -0.1) is 0 Å². The van der Waals surface area contributed by atoms with Crippen molar-refractivity contribution < 1.29 is 14.3 Å². The molecule has 0 saturated carbocycles. The molecule has 0 aromatic heterocycles. The monoisotopic (exact) mass is 478 g/mol. The first kappa shape index (κ1) is 26.4. The molecule has 2 aromatic carbocycles. The van der Waals surface area contributed by atoms with Crippen LogP contribution in [0.5, 0.6) is 0 Å². The van der Waals surface area contributed by atoms with Gasteiger partial charge in [0.2, 0.25) is 5.91 Å². The number of hydrogen-bond donors (Lipinski definition) is 2. The van der Waals surface area contributed by atoms with Gasteiger partial charge in [-0.1, -0.05) is 49.7 Å². The molecule has 0 radical (unpaired) electrons. The summed E-state index contributed by atoms with van der Waals surface area (Å²) in [7, 11) is 1.65. The molecule has 3 rings (SSSR count). The topological polar surface area (TPSA) is 97.0 Å². The predicted molar refractivity (Wildman–Crippen MR) is 139 cm³/mol. The number of hydrogen-bond acceptors (Lipinski definition) is 5. The molecule has 2 amide bonds. The number of aliphatic imine (C=N–C) groups is 1. The van der Waals surface area contributed by atoms with E-state index in [0.717, 1.165) is 22.3 Å². The number of nitrogens with zero attached hydrogens (tertiary/aromatic N) is 2. The Morgan fingerprint density at radius 3 is 2.46 bits per heavy atom. The first-order valence-electron chi connectivity index (χ1n) is 12.1. The van der Waals surface area contributed by atoms with Gasteiger partial charge in [-0.3, -0.25) is 14.5 Å². The largest absolute Gasteiger partial charge is 0.385 e. The number of carbonyl (C=O) groups is 2. The van der Waals surface area contributed by atoms with E-state index >= 15 is 0 Å². The number of nitrogens with one attached hydrogen (secondary N) is 1. The summed E-state index contributed by atoms with van der Waals surface area (Å²) in [6.07, 6.45) is 0.968. The minimum Gasteiger partial charge on any atom is -0.385 e. The highest BCUT2D eigenvalue weighted by atomic mass is 16.5. The lowest BCUT2D eigenvalue weighted by Gasteiger charge is -2.37. The summed E-state index contributed by atoms with van der Waals surface area (Å²) in [5, 5.41) is 3.15. The van der Waals surface area contributed by atoms with E-state index in [1.54, 1.807) is 7.11 Å². The lowest BCUT2D eigenvalue weighted by Crippen LogP contribution is -2.51. The van der Waals surface area contributed by atoms with Crippen LogP contribution in [0.2, 0.25) is 0 Å². The minimum absolute atomic E-state index is 0.0554. The fourth-order valence-electron chi connectivity index (χ4n) is 4.26. The molecular weight excluding hydrogens is 440 g/mol. The Morgan fingerprint density at radius 1 is 1.17 bits per heavy atom. The first-order chi connectivity index (χ1) is 16.5. The minimum atomic E-state index is -0.498. The van der Waals surface area contributed by atoms with E-state index in [9.17, 15) is 9.59 Å². The van der Waals surface area contributed by atoms with E-state index < -0.39 is 5.54 Å². The summed E-state index contributed by atoms with van der Waals surface area (Å²) < 4.78 is 5.27. The molecule has 7 heteroatoms. The second-order valence-electron chi connectivity index (χ2n) is 10.1. The van der Waals surface area contributed by atoms with Gasteiger partial charge in [0, 0.05) is 19.3 Å². The number of amides is 2. The van der Waals surface area contributed by atoms with Gasteiger partial charge in [0.25, 0.3) is 5.91 Å². The Kier molecular flexibility index (Phi) is 8.33. The van der Waals surface area contributed by atoms with Gasteiger partial charge in [0.15, 0.2) is 5.96 Å². The Bertz CT molecular complexity index is 1090. The number of guanidine groups is 1. The zero-order valence-corrected chi connectivity index (χ0v) is 21.7. The van der Waals surface area contributed by atoms with Crippen LogP contribution < -0.4 is 11.1 Å². The molecule has 2 atom stereocenters. The molecule has 1 heterocycles. The van der Waals surface area contributed by atoms with E-state index in [-0.39, 0.29) is 36.3 Å². The maximum Gasteiger partial charge on any atom is 0.251 e. The van der Waals surface area contributed by atoms with Crippen molar-refractivity contribution in [2.45, 2.75) is 65.6 Å². The molecule has 0 fully saturated rings. The fraction of sp³-hybridized carbons (Fsp3) is 0.464. The van der Waals surface area contributed by atoms with Crippen molar-refractivity contribution in [1.29, 1.82) is 0 Å². The smallest absolute Gasteiger partial charge is 0.251 e. The van der Waals surface area contributed by atoms with E-state index in [4.69, 9.17) is 10.5 Å². The number of aryl methyl sites for hydroxylation is 2. The first-order valence-corrected chi connectivity index (χ1v) is 12.1. The summed E-state index contributed by atoms with van der Waals surface area (Å²) in [5.41, 5.74) is 10.2. The molecule has 0 aliphatic carbocycles. The number of methoxy groups -OCH3 is 1. The highest BCUT2D eigenvalue weighted by Crippen LogP contribution is 2.30. The molecule has 7 nitrogen and oxygen atoms in total. The zero-order valence-electron chi connectivity index (χ0n) is 21.7. The number of benzene rings is 2. The molecule has 2 aromatic rings. The van der Waals surface area contributed by atoms with Gasteiger partial charge >= 0.3 is 0 Å². The van der Waals surface area contributed by atoms with E-state index in [2.05, 4.69) is 10.3 Å². The van der Waals surface area contributed by atoms with Crippen LogP contribution in [-0.4, -0.2) is 41.9 Å². The molecule has 1 aliphatic rings. The normalized spacial score (nSPS) is 19.0. The SMILES string of the molecule is COCC[C@H](NC(=O)c1cc(C)cc(CN2C(=O)C[C@@](C)(C(C)C)N=C2N)c1)c1ccc(C)cc1. The van der Waals surface area contributed by atoms with Gasteiger partial charge in [0.1, 0.15) is 0 Å². The Balaban J connectivity index is 1.81. The van der Waals surface area contributed by atoms with Crippen molar-refractivity contribution >= 4 is 17.8 Å². The highest BCUT2D eigenvalue weighted by molar-refractivity contribution is 5.99. The Labute approximate surface area is 208 Å². The van der Waals surface area contributed by atoms with Gasteiger partial charge in [-0.05, 0) is 61.9 Å². The van der Waals surface area contributed by atoms with Crippen LogP contribution in [0.25, 0.3) is 0 Å².